The molecule has 0 saturated heterocycles. The molecule has 2 rings (SSSR count). The predicted molar refractivity (Wildman–Crippen MR) is 99.8 cm³/mol. The second-order valence-electron chi connectivity index (χ2n) is 5.01. The largest absolute Gasteiger partial charge is 0.497 e. The fourth-order valence-corrected chi connectivity index (χ4v) is 3.76. The van der Waals surface area contributed by atoms with Crippen molar-refractivity contribution in [3.05, 3.63) is 46.4 Å². The van der Waals surface area contributed by atoms with E-state index in [1.54, 1.807) is 18.2 Å². The Bertz CT molecular complexity index is 919. The van der Waals surface area contributed by atoms with Crippen LogP contribution in [0.2, 0.25) is 10.0 Å². The van der Waals surface area contributed by atoms with E-state index in [9.17, 15) is 13.2 Å². The van der Waals surface area contributed by atoms with Crippen molar-refractivity contribution in [2.75, 3.05) is 26.1 Å². The average molecular weight is 419 g/mol. The fraction of sp³-hybridized carbons (Fsp3) is 0.188. The number of hydrogen-bond acceptors (Lipinski definition) is 5. The lowest BCUT2D eigenvalue weighted by atomic mass is 10.2. The zero-order valence-corrected chi connectivity index (χ0v) is 16.2. The van der Waals surface area contributed by atoms with Crippen molar-refractivity contribution in [3.63, 3.8) is 0 Å². The van der Waals surface area contributed by atoms with Crippen LogP contribution >= 0.6 is 23.2 Å². The highest BCUT2D eigenvalue weighted by atomic mass is 35.5. The number of methoxy groups -OCH3 is 2. The Balaban J connectivity index is 2.08. The standard InChI is InChI=1S/C16H16Cl2N2O5S/c1-24-11-4-6-13(14(8-11)25-2)20-16(21)9-19-26(22,23)15-7-10(17)3-5-12(15)18/h3-8,19H,9H2,1-2H3,(H,20,21). The summed E-state index contributed by atoms with van der Waals surface area (Å²) in [5, 5.41) is 2.77. The quantitative estimate of drug-likeness (QED) is 0.720. The number of halogens is 2. The van der Waals surface area contributed by atoms with Crippen LogP contribution in [0.1, 0.15) is 0 Å². The fourth-order valence-electron chi connectivity index (χ4n) is 2.02. The van der Waals surface area contributed by atoms with Crippen molar-refractivity contribution in [2.45, 2.75) is 4.90 Å². The minimum Gasteiger partial charge on any atom is -0.497 e. The van der Waals surface area contributed by atoms with Crippen LogP contribution in [0, 0.1) is 0 Å². The van der Waals surface area contributed by atoms with E-state index in [2.05, 4.69) is 10.0 Å². The molecular formula is C16H16Cl2N2O5S. The highest BCUT2D eigenvalue weighted by molar-refractivity contribution is 7.89. The van der Waals surface area contributed by atoms with Crippen molar-refractivity contribution in [1.82, 2.24) is 4.72 Å². The van der Waals surface area contributed by atoms with Crippen LogP contribution in [0.4, 0.5) is 5.69 Å². The van der Waals surface area contributed by atoms with Gasteiger partial charge >= 0.3 is 0 Å². The Morgan fingerprint density at radius 3 is 2.46 bits per heavy atom. The number of nitrogens with one attached hydrogen (secondary N) is 2. The van der Waals surface area contributed by atoms with Gasteiger partial charge in [-0.25, -0.2) is 13.1 Å². The average Bonchev–Trinajstić information content (AvgIpc) is 2.62. The van der Waals surface area contributed by atoms with E-state index < -0.39 is 22.5 Å². The second kappa shape index (κ2) is 8.59. The number of amides is 1. The number of ether oxygens (including phenoxy) is 2. The number of sulfonamides is 1. The summed E-state index contributed by atoms with van der Waals surface area (Å²) < 4.78 is 37.0. The van der Waals surface area contributed by atoms with Gasteiger partial charge < -0.3 is 14.8 Å². The van der Waals surface area contributed by atoms with E-state index in [1.807, 2.05) is 0 Å². The van der Waals surface area contributed by atoms with Crippen LogP contribution in [0.15, 0.2) is 41.3 Å². The molecule has 0 aliphatic heterocycles. The SMILES string of the molecule is COc1ccc(NC(=O)CNS(=O)(=O)c2cc(Cl)ccc2Cl)c(OC)c1. The first kappa shape index (κ1) is 20.3. The van der Waals surface area contributed by atoms with E-state index >= 15 is 0 Å². The molecule has 2 aromatic carbocycles. The number of anilines is 1. The molecule has 2 aromatic rings. The lowest BCUT2D eigenvalue weighted by Crippen LogP contribution is -2.33. The van der Waals surface area contributed by atoms with Crippen LogP contribution < -0.4 is 19.5 Å². The highest BCUT2D eigenvalue weighted by Gasteiger charge is 2.20. The third-order valence-electron chi connectivity index (χ3n) is 3.29. The van der Waals surface area contributed by atoms with E-state index in [-0.39, 0.29) is 14.9 Å². The molecule has 26 heavy (non-hydrogen) atoms. The van der Waals surface area contributed by atoms with E-state index in [1.165, 1.54) is 32.4 Å². The van der Waals surface area contributed by atoms with Crippen molar-refractivity contribution < 1.29 is 22.7 Å². The van der Waals surface area contributed by atoms with Gasteiger partial charge in [-0.15, -0.1) is 0 Å². The number of carbonyl (C=O) groups is 1. The lowest BCUT2D eigenvalue weighted by Gasteiger charge is -2.12. The number of benzene rings is 2. The Hall–Kier alpha value is -2.00. The zero-order chi connectivity index (χ0) is 19.3. The summed E-state index contributed by atoms with van der Waals surface area (Å²) in [7, 11) is -1.06. The van der Waals surface area contributed by atoms with Crippen LogP contribution in [-0.2, 0) is 14.8 Å². The van der Waals surface area contributed by atoms with Crippen molar-refractivity contribution >= 4 is 44.8 Å². The molecule has 0 fully saturated rings. The van der Waals surface area contributed by atoms with Gasteiger partial charge in [-0.05, 0) is 30.3 Å². The normalized spacial score (nSPS) is 11.1. The minimum absolute atomic E-state index is 0.000804. The van der Waals surface area contributed by atoms with Gasteiger partial charge in [0, 0.05) is 11.1 Å². The Morgan fingerprint density at radius 1 is 1.08 bits per heavy atom. The molecule has 0 radical (unpaired) electrons. The lowest BCUT2D eigenvalue weighted by molar-refractivity contribution is -0.115. The summed E-state index contributed by atoms with van der Waals surface area (Å²) in [4.78, 5) is 11.9. The predicted octanol–water partition coefficient (Wildman–Crippen LogP) is 2.93. The van der Waals surface area contributed by atoms with Crippen molar-refractivity contribution in [2.24, 2.45) is 0 Å². The van der Waals surface area contributed by atoms with Gasteiger partial charge in [0.25, 0.3) is 0 Å². The van der Waals surface area contributed by atoms with Crippen molar-refractivity contribution in [1.29, 1.82) is 0 Å². The maximum absolute atomic E-state index is 12.3. The summed E-state index contributed by atoms with van der Waals surface area (Å²) in [5.74, 6) is 0.338. The van der Waals surface area contributed by atoms with Gasteiger partial charge in [-0.1, -0.05) is 23.2 Å². The van der Waals surface area contributed by atoms with Gasteiger partial charge in [0.1, 0.15) is 16.4 Å². The van der Waals surface area contributed by atoms with Gasteiger partial charge in [-0.3, -0.25) is 4.79 Å². The zero-order valence-electron chi connectivity index (χ0n) is 13.9. The maximum Gasteiger partial charge on any atom is 0.242 e. The first-order valence-electron chi connectivity index (χ1n) is 7.23. The third kappa shape index (κ3) is 5.01. The number of carbonyl (C=O) groups excluding carboxylic acids is 1. The Labute approximate surface area is 161 Å². The molecule has 140 valence electrons. The molecule has 1 amide bonds. The van der Waals surface area contributed by atoms with Crippen LogP contribution in [0.3, 0.4) is 0 Å². The first-order valence-corrected chi connectivity index (χ1v) is 9.47. The molecule has 0 aromatic heterocycles. The molecule has 0 spiro atoms. The van der Waals surface area contributed by atoms with Gasteiger partial charge in [0.05, 0.1) is 31.5 Å². The summed E-state index contributed by atoms with van der Waals surface area (Å²) in [6.45, 7) is -0.500. The Morgan fingerprint density at radius 2 is 1.81 bits per heavy atom. The maximum atomic E-state index is 12.3. The smallest absolute Gasteiger partial charge is 0.242 e. The molecule has 0 saturated carbocycles. The minimum atomic E-state index is -4.01. The molecular weight excluding hydrogens is 403 g/mol. The van der Waals surface area contributed by atoms with Crippen LogP contribution in [0.25, 0.3) is 0 Å². The first-order chi connectivity index (χ1) is 12.3. The molecule has 7 nitrogen and oxygen atoms in total. The molecule has 0 atom stereocenters. The summed E-state index contributed by atoms with van der Waals surface area (Å²) in [6, 6.07) is 8.83. The molecule has 0 bridgehead atoms. The number of rotatable bonds is 7. The van der Waals surface area contributed by atoms with Gasteiger partial charge in [0.15, 0.2) is 0 Å². The molecule has 0 unspecified atom stereocenters. The second-order valence-corrected chi connectivity index (χ2v) is 7.59. The monoisotopic (exact) mass is 418 g/mol. The van der Waals surface area contributed by atoms with E-state index in [0.29, 0.717) is 17.2 Å². The van der Waals surface area contributed by atoms with Gasteiger partial charge in [0.2, 0.25) is 15.9 Å². The molecule has 10 heteroatoms. The highest BCUT2D eigenvalue weighted by Crippen LogP contribution is 2.29. The summed E-state index contributed by atoms with van der Waals surface area (Å²) in [6.07, 6.45) is 0. The molecule has 0 heterocycles. The summed E-state index contributed by atoms with van der Waals surface area (Å²) in [5.41, 5.74) is 0.373. The van der Waals surface area contributed by atoms with E-state index in [4.69, 9.17) is 32.7 Å². The topological polar surface area (TPSA) is 93.7 Å². The number of hydrogen-bond donors (Lipinski definition) is 2. The Kier molecular flexibility index (Phi) is 6.71. The molecule has 2 N–H and O–H groups in total. The molecule has 0 aliphatic rings. The van der Waals surface area contributed by atoms with Gasteiger partial charge in [-0.2, -0.15) is 0 Å². The third-order valence-corrected chi connectivity index (χ3v) is 5.41. The van der Waals surface area contributed by atoms with E-state index in [0.717, 1.165) is 0 Å². The van der Waals surface area contributed by atoms with Crippen molar-refractivity contribution in [3.8, 4) is 11.5 Å². The summed E-state index contributed by atoms with van der Waals surface area (Å²) >= 11 is 11.7. The molecule has 0 aliphatic carbocycles. The van der Waals surface area contributed by atoms with Crippen LogP contribution in [-0.4, -0.2) is 35.1 Å². The van der Waals surface area contributed by atoms with Crippen LogP contribution in [0.5, 0.6) is 11.5 Å².